The second kappa shape index (κ2) is 6.30. The number of nitrogens with zero attached hydrogens (tertiary/aromatic N) is 1. The molecule has 0 bridgehead atoms. The summed E-state index contributed by atoms with van der Waals surface area (Å²) in [7, 11) is 0. The van der Waals surface area contributed by atoms with Crippen molar-refractivity contribution in [3.8, 4) is 0 Å². The highest BCUT2D eigenvalue weighted by atomic mass is 16.7. The van der Waals surface area contributed by atoms with Gasteiger partial charge in [0, 0.05) is 37.5 Å². The van der Waals surface area contributed by atoms with Crippen LogP contribution >= 0.6 is 0 Å². The van der Waals surface area contributed by atoms with Crippen molar-refractivity contribution in [3.63, 3.8) is 0 Å². The first kappa shape index (κ1) is 14.8. The molecule has 1 saturated carbocycles. The van der Waals surface area contributed by atoms with Crippen LogP contribution in [-0.2, 0) is 9.47 Å². The molecule has 1 N–H and O–H groups in total. The van der Waals surface area contributed by atoms with Crippen LogP contribution in [0.5, 0.6) is 0 Å². The minimum absolute atomic E-state index is 0.218. The van der Waals surface area contributed by atoms with E-state index in [1.54, 1.807) is 0 Å². The van der Waals surface area contributed by atoms with Gasteiger partial charge in [-0.25, -0.2) is 0 Å². The second-order valence-corrected chi connectivity index (χ2v) is 6.92. The van der Waals surface area contributed by atoms with Crippen molar-refractivity contribution in [1.29, 1.82) is 0 Å². The zero-order chi connectivity index (χ0) is 14.0. The van der Waals surface area contributed by atoms with Crippen LogP contribution in [0.4, 0.5) is 0 Å². The predicted molar refractivity (Wildman–Crippen MR) is 79.8 cm³/mol. The number of ether oxygens (including phenoxy) is 2. The van der Waals surface area contributed by atoms with E-state index in [1.165, 1.54) is 38.8 Å². The molecule has 1 aliphatic carbocycles. The molecule has 1 atom stereocenters. The average molecular weight is 282 g/mol. The molecule has 4 heteroatoms. The Labute approximate surface area is 123 Å². The molecule has 3 aliphatic rings. The van der Waals surface area contributed by atoms with Crippen molar-refractivity contribution in [2.45, 2.75) is 76.3 Å². The molecule has 0 aromatic heterocycles. The lowest BCUT2D eigenvalue weighted by molar-refractivity contribution is -0.184. The second-order valence-electron chi connectivity index (χ2n) is 6.92. The third kappa shape index (κ3) is 3.19. The predicted octanol–water partition coefficient (Wildman–Crippen LogP) is 2.13. The zero-order valence-corrected chi connectivity index (χ0v) is 13.1. The van der Waals surface area contributed by atoms with E-state index < -0.39 is 0 Å². The fourth-order valence-corrected chi connectivity index (χ4v) is 4.11. The fraction of sp³-hybridized carbons (Fsp3) is 1.00. The summed E-state index contributed by atoms with van der Waals surface area (Å²) in [6.07, 6.45) is 7.24. The summed E-state index contributed by atoms with van der Waals surface area (Å²) in [4.78, 5) is 2.71. The molecular formula is C16H30N2O2. The van der Waals surface area contributed by atoms with Gasteiger partial charge in [-0.2, -0.15) is 0 Å². The first-order valence-electron chi connectivity index (χ1n) is 8.46. The Hall–Kier alpha value is -0.160. The summed E-state index contributed by atoms with van der Waals surface area (Å²) in [5.41, 5.74) is 0. The molecule has 3 rings (SSSR count). The monoisotopic (exact) mass is 282 g/mol. The Kier molecular flexibility index (Phi) is 4.65. The molecule has 4 nitrogen and oxygen atoms in total. The summed E-state index contributed by atoms with van der Waals surface area (Å²) in [5.74, 6) is -0.218. The van der Waals surface area contributed by atoms with Gasteiger partial charge in [0.05, 0.1) is 13.2 Å². The van der Waals surface area contributed by atoms with Gasteiger partial charge in [-0.15, -0.1) is 0 Å². The van der Waals surface area contributed by atoms with Gasteiger partial charge in [0.2, 0.25) is 0 Å². The van der Waals surface area contributed by atoms with Crippen LogP contribution in [0.1, 0.15) is 52.4 Å². The van der Waals surface area contributed by atoms with Crippen molar-refractivity contribution >= 4 is 0 Å². The number of hydrogen-bond donors (Lipinski definition) is 1. The number of rotatable bonds is 4. The molecule has 0 aromatic rings. The molecule has 1 unspecified atom stereocenters. The van der Waals surface area contributed by atoms with Crippen LogP contribution in [0.3, 0.4) is 0 Å². The SMILES string of the molecule is CC(C)N(CC1CCCN1)C1CCC2(CC1)OCCO2. The summed E-state index contributed by atoms with van der Waals surface area (Å²) in [5, 5.41) is 3.64. The molecule has 0 radical (unpaired) electrons. The van der Waals surface area contributed by atoms with E-state index in [0.717, 1.165) is 26.1 Å². The standard InChI is InChI=1S/C16H30N2O2/c1-13(2)18(12-14-4-3-9-17-14)15-5-7-16(8-6-15)19-10-11-20-16/h13-15,17H,3-12H2,1-2H3. The molecule has 20 heavy (non-hydrogen) atoms. The van der Waals surface area contributed by atoms with Crippen LogP contribution in [0, 0.1) is 0 Å². The van der Waals surface area contributed by atoms with E-state index >= 15 is 0 Å². The minimum atomic E-state index is -0.218. The number of nitrogens with one attached hydrogen (secondary N) is 1. The molecule has 2 aliphatic heterocycles. The lowest BCUT2D eigenvalue weighted by Crippen LogP contribution is -2.50. The maximum atomic E-state index is 5.85. The van der Waals surface area contributed by atoms with Gasteiger partial charge < -0.3 is 14.8 Å². The van der Waals surface area contributed by atoms with E-state index in [1.807, 2.05) is 0 Å². The Bertz CT molecular complexity index is 300. The highest BCUT2D eigenvalue weighted by Gasteiger charge is 2.42. The van der Waals surface area contributed by atoms with Crippen LogP contribution < -0.4 is 5.32 Å². The Morgan fingerprint density at radius 3 is 2.40 bits per heavy atom. The average Bonchev–Trinajstić information content (AvgIpc) is 3.09. The van der Waals surface area contributed by atoms with Crippen LogP contribution in [-0.4, -0.2) is 55.1 Å². The first-order chi connectivity index (χ1) is 9.69. The smallest absolute Gasteiger partial charge is 0.168 e. The molecule has 3 fully saturated rings. The normalized spacial score (nSPS) is 30.9. The maximum Gasteiger partial charge on any atom is 0.168 e. The summed E-state index contributed by atoms with van der Waals surface area (Å²) in [6, 6.07) is 2.03. The summed E-state index contributed by atoms with van der Waals surface area (Å²) < 4.78 is 11.7. The van der Waals surface area contributed by atoms with Crippen molar-refractivity contribution < 1.29 is 9.47 Å². The quantitative estimate of drug-likeness (QED) is 0.856. The maximum absolute atomic E-state index is 5.85. The van der Waals surface area contributed by atoms with Gasteiger partial charge in [0.1, 0.15) is 0 Å². The van der Waals surface area contributed by atoms with Crippen molar-refractivity contribution in [2.24, 2.45) is 0 Å². The molecule has 0 aromatic carbocycles. The van der Waals surface area contributed by atoms with Crippen LogP contribution in [0.25, 0.3) is 0 Å². The van der Waals surface area contributed by atoms with E-state index in [2.05, 4.69) is 24.1 Å². The highest BCUT2D eigenvalue weighted by Crippen LogP contribution is 2.37. The fourth-order valence-electron chi connectivity index (χ4n) is 4.11. The molecule has 116 valence electrons. The summed E-state index contributed by atoms with van der Waals surface area (Å²) >= 11 is 0. The summed E-state index contributed by atoms with van der Waals surface area (Å²) in [6.45, 7) is 8.64. The van der Waals surface area contributed by atoms with Crippen molar-refractivity contribution in [1.82, 2.24) is 10.2 Å². The van der Waals surface area contributed by atoms with Gasteiger partial charge >= 0.3 is 0 Å². The van der Waals surface area contributed by atoms with Gasteiger partial charge in [-0.3, -0.25) is 4.90 Å². The lowest BCUT2D eigenvalue weighted by atomic mass is 9.88. The van der Waals surface area contributed by atoms with Crippen molar-refractivity contribution in [2.75, 3.05) is 26.3 Å². The van der Waals surface area contributed by atoms with Crippen LogP contribution in [0.15, 0.2) is 0 Å². The minimum Gasteiger partial charge on any atom is -0.348 e. The molecule has 0 amide bonds. The van der Waals surface area contributed by atoms with E-state index in [9.17, 15) is 0 Å². The Morgan fingerprint density at radius 2 is 1.85 bits per heavy atom. The van der Waals surface area contributed by atoms with E-state index in [0.29, 0.717) is 18.1 Å². The van der Waals surface area contributed by atoms with Gasteiger partial charge in [-0.05, 0) is 46.1 Å². The largest absolute Gasteiger partial charge is 0.348 e. The van der Waals surface area contributed by atoms with Gasteiger partial charge in [-0.1, -0.05) is 0 Å². The van der Waals surface area contributed by atoms with Gasteiger partial charge in [0.15, 0.2) is 5.79 Å². The first-order valence-corrected chi connectivity index (χ1v) is 8.46. The van der Waals surface area contributed by atoms with E-state index in [-0.39, 0.29) is 5.79 Å². The molecule has 1 spiro atoms. The third-order valence-electron chi connectivity index (χ3n) is 5.26. The zero-order valence-electron chi connectivity index (χ0n) is 13.1. The molecule has 2 saturated heterocycles. The van der Waals surface area contributed by atoms with Crippen LogP contribution in [0.2, 0.25) is 0 Å². The van der Waals surface area contributed by atoms with Crippen molar-refractivity contribution in [3.05, 3.63) is 0 Å². The molecular weight excluding hydrogens is 252 g/mol. The molecule has 2 heterocycles. The Morgan fingerprint density at radius 1 is 1.15 bits per heavy atom. The van der Waals surface area contributed by atoms with Gasteiger partial charge in [0.25, 0.3) is 0 Å². The Balaban J connectivity index is 1.55. The highest BCUT2D eigenvalue weighted by molar-refractivity contribution is 4.90. The lowest BCUT2D eigenvalue weighted by Gasteiger charge is -2.43. The topological polar surface area (TPSA) is 33.7 Å². The number of hydrogen-bond acceptors (Lipinski definition) is 4. The van der Waals surface area contributed by atoms with E-state index in [4.69, 9.17) is 9.47 Å². The third-order valence-corrected chi connectivity index (χ3v) is 5.26.